The van der Waals surface area contributed by atoms with Crippen molar-refractivity contribution in [3.63, 3.8) is 0 Å². The molecular formula is C17H16N2O. The molecule has 0 saturated carbocycles. The smallest absolute Gasteiger partial charge is 0.254 e. The van der Waals surface area contributed by atoms with Crippen molar-refractivity contribution in [2.24, 2.45) is 0 Å². The molecular weight excluding hydrogens is 248 g/mol. The molecule has 0 bridgehead atoms. The van der Waals surface area contributed by atoms with E-state index in [4.69, 9.17) is 0 Å². The molecule has 1 heterocycles. The minimum Gasteiger partial charge on any atom is -0.358 e. The number of nitrogens with zero attached hydrogens (tertiary/aromatic N) is 1. The Labute approximate surface area is 118 Å². The molecule has 1 N–H and O–H groups in total. The van der Waals surface area contributed by atoms with Crippen LogP contribution in [0.4, 0.5) is 5.69 Å². The monoisotopic (exact) mass is 264 g/mol. The predicted molar refractivity (Wildman–Crippen MR) is 80.5 cm³/mol. The topological polar surface area (TPSA) is 32.3 Å². The SMILES string of the molecule is O=C(c1ccccc1)N1CC=C(Nc2ccccc2)C1. The largest absolute Gasteiger partial charge is 0.358 e. The van der Waals surface area contributed by atoms with Gasteiger partial charge in [0.2, 0.25) is 0 Å². The first-order valence-corrected chi connectivity index (χ1v) is 6.68. The summed E-state index contributed by atoms with van der Waals surface area (Å²) in [5.74, 6) is 0.0757. The van der Waals surface area contributed by atoms with Crippen LogP contribution < -0.4 is 5.32 Å². The molecule has 0 radical (unpaired) electrons. The zero-order chi connectivity index (χ0) is 13.8. The first kappa shape index (κ1) is 12.5. The third-order valence-corrected chi connectivity index (χ3v) is 3.31. The van der Waals surface area contributed by atoms with Gasteiger partial charge in [0.1, 0.15) is 0 Å². The van der Waals surface area contributed by atoms with Crippen molar-refractivity contribution in [2.45, 2.75) is 0 Å². The van der Waals surface area contributed by atoms with Gasteiger partial charge in [-0.2, -0.15) is 0 Å². The van der Waals surface area contributed by atoms with Gasteiger partial charge in [0.25, 0.3) is 5.91 Å². The fraction of sp³-hybridized carbons (Fsp3) is 0.118. The summed E-state index contributed by atoms with van der Waals surface area (Å²) in [6, 6.07) is 19.4. The number of amides is 1. The molecule has 0 spiro atoms. The number of rotatable bonds is 3. The second kappa shape index (κ2) is 5.61. The van der Waals surface area contributed by atoms with Crippen molar-refractivity contribution in [3.8, 4) is 0 Å². The Hall–Kier alpha value is -2.55. The van der Waals surface area contributed by atoms with E-state index >= 15 is 0 Å². The van der Waals surface area contributed by atoms with Crippen LogP contribution >= 0.6 is 0 Å². The highest BCUT2D eigenvalue weighted by Gasteiger charge is 2.20. The van der Waals surface area contributed by atoms with Crippen LogP contribution in [-0.2, 0) is 0 Å². The van der Waals surface area contributed by atoms with Crippen LogP contribution in [0.3, 0.4) is 0 Å². The molecule has 3 rings (SSSR count). The molecule has 1 amide bonds. The van der Waals surface area contributed by atoms with Gasteiger partial charge in [-0.1, -0.05) is 36.4 Å². The van der Waals surface area contributed by atoms with Crippen LogP contribution in [0.1, 0.15) is 10.4 Å². The van der Waals surface area contributed by atoms with E-state index in [1.54, 1.807) is 0 Å². The molecule has 0 aliphatic carbocycles. The first-order valence-electron chi connectivity index (χ1n) is 6.68. The lowest BCUT2D eigenvalue weighted by Gasteiger charge is -2.17. The lowest BCUT2D eigenvalue weighted by Crippen LogP contribution is -2.29. The molecule has 20 heavy (non-hydrogen) atoms. The summed E-state index contributed by atoms with van der Waals surface area (Å²) in [6.07, 6.45) is 2.06. The van der Waals surface area contributed by atoms with Crippen LogP contribution in [0.15, 0.2) is 72.4 Å². The number of carbonyl (C=O) groups excluding carboxylic acids is 1. The maximum atomic E-state index is 12.3. The fourth-order valence-electron chi connectivity index (χ4n) is 2.27. The Bertz CT molecular complexity index is 620. The molecule has 1 aliphatic rings. The van der Waals surface area contributed by atoms with Crippen molar-refractivity contribution in [2.75, 3.05) is 18.4 Å². The average Bonchev–Trinajstić information content (AvgIpc) is 2.97. The molecule has 3 nitrogen and oxygen atoms in total. The minimum absolute atomic E-state index is 0.0757. The summed E-state index contributed by atoms with van der Waals surface area (Å²) >= 11 is 0. The van der Waals surface area contributed by atoms with Crippen LogP contribution in [0.5, 0.6) is 0 Å². The van der Waals surface area contributed by atoms with Crippen molar-refractivity contribution >= 4 is 11.6 Å². The van der Waals surface area contributed by atoms with E-state index in [1.165, 1.54) is 0 Å². The number of hydrogen-bond acceptors (Lipinski definition) is 2. The lowest BCUT2D eigenvalue weighted by molar-refractivity contribution is 0.0798. The molecule has 2 aromatic carbocycles. The van der Waals surface area contributed by atoms with Gasteiger partial charge < -0.3 is 10.2 Å². The third kappa shape index (κ3) is 2.72. The van der Waals surface area contributed by atoms with E-state index in [2.05, 4.69) is 11.4 Å². The standard InChI is InChI=1S/C17H16N2O/c20-17(14-7-3-1-4-8-14)19-12-11-16(13-19)18-15-9-5-2-6-10-15/h1-11,18H,12-13H2. The number of anilines is 1. The number of carbonyl (C=O) groups is 1. The minimum atomic E-state index is 0.0757. The van der Waals surface area contributed by atoms with Gasteiger partial charge in [-0.05, 0) is 30.3 Å². The van der Waals surface area contributed by atoms with E-state index in [9.17, 15) is 4.79 Å². The maximum absolute atomic E-state index is 12.3. The Morgan fingerprint density at radius 1 is 0.950 bits per heavy atom. The molecule has 0 aromatic heterocycles. The van der Waals surface area contributed by atoms with Gasteiger partial charge >= 0.3 is 0 Å². The Morgan fingerprint density at radius 2 is 1.60 bits per heavy atom. The van der Waals surface area contributed by atoms with E-state index in [1.807, 2.05) is 65.6 Å². The van der Waals surface area contributed by atoms with Gasteiger partial charge in [-0.25, -0.2) is 0 Å². The maximum Gasteiger partial charge on any atom is 0.254 e. The Balaban J connectivity index is 1.63. The van der Waals surface area contributed by atoms with Crippen molar-refractivity contribution < 1.29 is 4.79 Å². The van der Waals surface area contributed by atoms with Gasteiger partial charge in [0.05, 0.1) is 6.54 Å². The fourth-order valence-corrected chi connectivity index (χ4v) is 2.27. The zero-order valence-electron chi connectivity index (χ0n) is 11.1. The molecule has 2 aromatic rings. The Kier molecular flexibility index (Phi) is 3.50. The highest BCUT2D eigenvalue weighted by molar-refractivity contribution is 5.94. The van der Waals surface area contributed by atoms with E-state index < -0.39 is 0 Å². The number of hydrogen-bond donors (Lipinski definition) is 1. The van der Waals surface area contributed by atoms with Gasteiger partial charge in [0.15, 0.2) is 0 Å². The number of nitrogens with one attached hydrogen (secondary N) is 1. The number of benzene rings is 2. The zero-order valence-corrected chi connectivity index (χ0v) is 11.1. The van der Waals surface area contributed by atoms with E-state index in [0.29, 0.717) is 13.1 Å². The lowest BCUT2D eigenvalue weighted by atomic mass is 10.2. The highest BCUT2D eigenvalue weighted by Crippen LogP contribution is 2.16. The summed E-state index contributed by atoms with van der Waals surface area (Å²) < 4.78 is 0. The summed E-state index contributed by atoms with van der Waals surface area (Å²) in [6.45, 7) is 1.28. The van der Waals surface area contributed by atoms with E-state index in [0.717, 1.165) is 16.9 Å². The van der Waals surface area contributed by atoms with E-state index in [-0.39, 0.29) is 5.91 Å². The molecule has 0 fully saturated rings. The molecule has 0 saturated heterocycles. The predicted octanol–water partition coefficient (Wildman–Crippen LogP) is 3.14. The highest BCUT2D eigenvalue weighted by atomic mass is 16.2. The molecule has 0 unspecified atom stereocenters. The summed E-state index contributed by atoms with van der Waals surface area (Å²) in [7, 11) is 0. The molecule has 100 valence electrons. The van der Waals surface area contributed by atoms with Crippen LogP contribution in [-0.4, -0.2) is 23.9 Å². The molecule has 1 aliphatic heterocycles. The summed E-state index contributed by atoms with van der Waals surface area (Å²) in [4.78, 5) is 14.1. The van der Waals surface area contributed by atoms with Crippen molar-refractivity contribution in [1.82, 2.24) is 4.90 Å². The molecule has 3 heteroatoms. The van der Waals surface area contributed by atoms with Crippen molar-refractivity contribution in [3.05, 3.63) is 78.0 Å². The molecule has 0 atom stereocenters. The number of para-hydroxylation sites is 1. The van der Waals surface area contributed by atoms with Crippen LogP contribution in [0.2, 0.25) is 0 Å². The Morgan fingerprint density at radius 3 is 2.30 bits per heavy atom. The van der Waals surface area contributed by atoms with Gasteiger partial charge in [-0.3, -0.25) is 4.79 Å². The van der Waals surface area contributed by atoms with Gasteiger partial charge in [0, 0.05) is 23.5 Å². The van der Waals surface area contributed by atoms with Crippen LogP contribution in [0, 0.1) is 0 Å². The normalized spacial score (nSPS) is 14.0. The quantitative estimate of drug-likeness (QED) is 0.923. The summed E-state index contributed by atoms with van der Waals surface area (Å²) in [5.41, 5.74) is 2.86. The summed E-state index contributed by atoms with van der Waals surface area (Å²) in [5, 5.41) is 3.34. The average molecular weight is 264 g/mol. The van der Waals surface area contributed by atoms with Crippen molar-refractivity contribution in [1.29, 1.82) is 0 Å². The van der Waals surface area contributed by atoms with Crippen LogP contribution in [0.25, 0.3) is 0 Å². The van der Waals surface area contributed by atoms with Gasteiger partial charge in [-0.15, -0.1) is 0 Å². The second-order valence-corrected chi connectivity index (χ2v) is 4.77. The second-order valence-electron chi connectivity index (χ2n) is 4.77. The third-order valence-electron chi connectivity index (χ3n) is 3.31. The first-order chi connectivity index (χ1) is 9.83.